The number of aromatic nitrogens is 1. The fraction of sp³-hybridized carbons (Fsp3) is 0.600. The second-order valence-corrected chi connectivity index (χ2v) is 5.55. The van der Waals surface area contributed by atoms with Crippen molar-refractivity contribution in [1.29, 1.82) is 5.26 Å². The summed E-state index contributed by atoms with van der Waals surface area (Å²) in [6.07, 6.45) is 2.67. The Morgan fingerprint density at radius 2 is 2.48 bits per heavy atom. The highest BCUT2D eigenvalue weighted by Crippen LogP contribution is 2.17. The minimum atomic E-state index is -0.0631. The monoisotopic (exact) mass is 290 g/mol. The molecule has 1 aliphatic heterocycles. The summed E-state index contributed by atoms with van der Waals surface area (Å²) >= 11 is 0. The highest BCUT2D eigenvalue weighted by molar-refractivity contribution is 5.92. The van der Waals surface area contributed by atoms with Crippen LogP contribution in [0.5, 0.6) is 0 Å². The lowest BCUT2D eigenvalue weighted by Gasteiger charge is -2.21. The summed E-state index contributed by atoms with van der Waals surface area (Å²) in [6, 6.07) is 3.61. The van der Waals surface area contributed by atoms with Crippen molar-refractivity contribution in [3.63, 3.8) is 0 Å². The Kier molecular flexibility index (Phi) is 5.37. The first kappa shape index (κ1) is 15.5. The van der Waals surface area contributed by atoms with Crippen LogP contribution in [0.3, 0.4) is 0 Å². The van der Waals surface area contributed by atoms with E-state index in [0.29, 0.717) is 17.2 Å². The number of aromatic amines is 1. The predicted molar refractivity (Wildman–Crippen MR) is 78.9 cm³/mol. The minimum absolute atomic E-state index is 0.0631. The lowest BCUT2D eigenvalue weighted by atomic mass is 10.1. The van der Waals surface area contributed by atoms with Gasteiger partial charge in [-0.2, -0.15) is 5.26 Å². The molecule has 1 saturated heterocycles. The topological polar surface area (TPSA) is 72.4 Å². The van der Waals surface area contributed by atoms with Crippen LogP contribution in [0.1, 0.15) is 22.5 Å². The Morgan fingerprint density at radius 3 is 3.14 bits per heavy atom. The molecule has 0 saturated carbocycles. The zero-order valence-electron chi connectivity index (χ0n) is 12.6. The van der Waals surface area contributed by atoms with E-state index < -0.39 is 0 Å². The molecule has 0 aromatic carbocycles. The third kappa shape index (κ3) is 4.06. The zero-order chi connectivity index (χ0) is 15.2. The van der Waals surface area contributed by atoms with Crippen LogP contribution in [0.2, 0.25) is 0 Å². The van der Waals surface area contributed by atoms with Crippen molar-refractivity contribution in [2.45, 2.75) is 6.42 Å². The van der Waals surface area contributed by atoms with Crippen LogP contribution in [0.25, 0.3) is 0 Å². The number of nitriles is 1. The molecule has 6 heteroatoms. The third-order valence-corrected chi connectivity index (χ3v) is 3.90. The SMILES string of the molecule is COCCN1CC[C@H](CN(C)C(=O)c2cc(C#N)c[nH]2)C1. The van der Waals surface area contributed by atoms with E-state index in [1.165, 1.54) is 0 Å². The first-order valence-corrected chi connectivity index (χ1v) is 7.19. The predicted octanol–water partition coefficient (Wildman–Crippen LogP) is 0.927. The highest BCUT2D eigenvalue weighted by atomic mass is 16.5. The molecule has 0 unspecified atom stereocenters. The fourth-order valence-corrected chi connectivity index (χ4v) is 2.74. The molecule has 114 valence electrons. The van der Waals surface area contributed by atoms with Gasteiger partial charge in [-0.05, 0) is 24.9 Å². The Morgan fingerprint density at radius 1 is 1.67 bits per heavy atom. The Balaban J connectivity index is 1.83. The molecule has 1 N–H and O–H groups in total. The van der Waals surface area contributed by atoms with Crippen molar-refractivity contribution in [3.8, 4) is 6.07 Å². The molecule has 1 aromatic rings. The number of rotatable bonds is 6. The summed E-state index contributed by atoms with van der Waals surface area (Å²) < 4.78 is 5.09. The van der Waals surface area contributed by atoms with Gasteiger partial charge >= 0.3 is 0 Å². The van der Waals surface area contributed by atoms with E-state index in [0.717, 1.165) is 39.2 Å². The van der Waals surface area contributed by atoms with E-state index in [-0.39, 0.29) is 5.91 Å². The van der Waals surface area contributed by atoms with Gasteiger partial charge in [0.25, 0.3) is 5.91 Å². The molecule has 1 amide bonds. The van der Waals surface area contributed by atoms with Crippen molar-refractivity contribution < 1.29 is 9.53 Å². The van der Waals surface area contributed by atoms with Gasteiger partial charge in [0.2, 0.25) is 0 Å². The summed E-state index contributed by atoms with van der Waals surface area (Å²) in [4.78, 5) is 19.2. The lowest BCUT2D eigenvalue weighted by Crippen LogP contribution is -2.33. The first-order valence-electron chi connectivity index (χ1n) is 7.19. The molecule has 0 bridgehead atoms. The van der Waals surface area contributed by atoms with Gasteiger partial charge in [-0.25, -0.2) is 0 Å². The van der Waals surface area contributed by atoms with Crippen molar-refractivity contribution >= 4 is 5.91 Å². The number of carbonyl (C=O) groups excluding carboxylic acids is 1. The summed E-state index contributed by atoms with van der Waals surface area (Å²) in [5.41, 5.74) is 0.960. The molecule has 2 rings (SSSR count). The fourth-order valence-electron chi connectivity index (χ4n) is 2.74. The van der Waals surface area contributed by atoms with Crippen LogP contribution in [-0.2, 0) is 4.74 Å². The first-order chi connectivity index (χ1) is 10.1. The van der Waals surface area contributed by atoms with E-state index in [1.54, 1.807) is 24.3 Å². The van der Waals surface area contributed by atoms with E-state index in [2.05, 4.69) is 9.88 Å². The molecule has 1 fully saturated rings. The van der Waals surface area contributed by atoms with E-state index in [4.69, 9.17) is 10.00 Å². The maximum absolute atomic E-state index is 12.3. The normalized spacial score (nSPS) is 18.6. The van der Waals surface area contributed by atoms with E-state index >= 15 is 0 Å². The van der Waals surface area contributed by atoms with Crippen molar-refractivity contribution in [3.05, 3.63) is 23.5 Å². The maximum atomic E-state index is 12.3. The van der Waals surface area contributed by atoms with Gasteiger partial charge < -0.3 is 19.5 Å². The summed E-state index contributed by atoms with van der Waals surface area (Å²) in [5, 5.41) is 8.79. The summed E-state index contributed by atoms with van der Waals surface area (Å²) in [5.74, 6) is 0.438. The van der Waals surface area contributed by atoms with Crippen molar-refractivity contribution in [1.82, 2.24) is 14.8 Å². The molecule has 1 aromatic heterocycles. The lowest BCUT2D eigenvalue weighted by molar-refractivity contribution is 0.0767. The quantitative estimate of drug-likeness (QED) is 0.846. The summed E-state index contributed by atoms with van der Waals surface area (Å²) in [6.45, 7) is 4.52. The van der Waals surface area contributed by atoms with Crippen LogP contribution >= 0.6 is 0 Å². The average Bonchev–Trinajstić information content (AvgIpc) is 3.13. The van der Waals surface area contributed by atoms with Crippen LogP contribution < -0.4 is 0 Å². The van der Waals surface area contributed by atoms with Gasteiger partial charge in [0, 0.05) is 40.0 Å². The van der Waals surface area contributed by atoms with Gasteiger partial charge in [0.05, 0.1) is 12.2 Å². The number of ether oxygens (including phenoxy) is 1. The molecule has 0 radical (unpaired) electrons. The van der Waals surface area contributed by atoms with Gasteiger partial charge in [-0.1, -0.05) is 0 Å². The standard InChI is InChI=1S/C15H22N4O2/c1-18(15(20)14-7-13(8-16)9-17-14)10-12-3-4-19(11-12)5-6-21-2/h7,9,12,17H,3-6,10-11H2,1-2H3/t12-/m1/s1. The van der Waals surface area contributed by atoms with Crippen molar-refractivity contribution in [2.75, 3.05) is 46.9 Å². The van der Waals surface area contributed by atoms with E-state index in [9.17, 15) is 4.79 Å². The molecule has 1 atom stereocenters. The molecule has 1 aliphatic rings. The number of hydrogen-bond donors (Lipinski definition) is 1. The smallest absolute Gasteiger partial charge is 0.270 e. The Hall–Kier alpha value is -1.84. The number of nitrogens with zero attached hydrogens (tertiary/aromatic N) is 3. The van der Waals surface area contributed by atoms with Crippen LogP contribution in [0, 0.1) is 17.2 Å². The van der Waals surface area contributed by atoms with E-state index in [1.807, 2.05) is 13.1 Å². The molecular formula is C15H22N4O2. The molecule has 6 nitrogen and oxygen atoms in total. The van der Waals surface area contributed by atoms with Crippen LogP contribution in [-0.4, -0.2) is 67.6 Å². The van der Waals surface area contributed by atoms with Gasteiger partial charge in [-0.15, -0.1) is 0 Å². The van der Waals surface area contributed by atoms with Crippen LogP contribution in [0.15, 0.2) is 12.3 Å². The number of methoxy groups -OCH3 is 1. The molecule has 0 aliphatic carbocycles. The number of likely N-dealkylation sites (tertiary alicyclic amines) is 1. The molecule has 2 heterocycles. The molecule has 0 spiro atoms. The second kappa shape index (κ2) is 7.25. The molecule has 21 heavy (non-hydrogen) atoms. The third-order valence-electron chi connectivity index (χ3n) is 3.90. The van der Waals surface area contributed by atoms with Gasteiger partial charge in [0.15, 0.2) is 0 Å². The zero-order valence-corrected chi connectivity index (χ0v) is 12.6. The molecular weight excluding hydrogens is 268 g/mol. The van der Waals surface area contributed by atoms with Gasteiger partial charge in [0.1, 0.15) is 11.8 Å². The minimum Gasteiger partial charge on any atom is -0.383 e. The maximum Gasteiger partial charge on any atom is 0.270 e. The van der Waals surface area contributed by atoms with Gasteiger partial charge in [-0.3, -0.25) is 4.79 Å². The highest BCUT2D eigenvalue weighted by Gasteiger charge is 2.25. The number of carbonyl (C=O) groups is 1. The summed E-state index contributed by atoms with van der Waals surface area (Å²) in [7, 11) is 3.53. The Labute approximate surface area is 125 Å². The van der Waals surface area contributed by atoms with Crippen LogP contribution in [0.4, 0.5) is 0 Å². The number of hydrogen-bond acceptors (Lipinski definition) is 4. The number of amides is 1. The Bertz CT molecular complexity index is 520. The number of H-pyrrole nitrogens is 1. The number of nitrogens with one attached hydrogen (secondary N) is 1. The average molecular weight is 290 g/mol. The second-order valence-electron chi connectivity index (χ2n) is 5.55. The largest absolute Gasteiger partial charge is 0.383 e. The van der Waals surface area contributed by atoms with Crippen molar-refractivity contribution in [2.24, 2.45) is 5.92 Å².